The van der Waals surface area contributed by atoms with E-state index < -0.39 is 16.7 Å². The predicted molar refractivity (Wildman–Crippen MR) is 87.2 cm³/mol. The number of anilines is 1. The van der Waals surface area contributed by atoms with E-state index in [9.17, 15) is 24.8 Å². The minimum Gasteiger partial charge on any atom is -0.508 e. The Kier molecular flexibility index (Phi) is 5.25. The van der Waals surface area contributed by atoms with Crippen molar-refractivity contribution < 1.29 is 24.7 Å². The second kappa shape index (κ2) is 7.55. The fourth-order valence-corrected chi connectivity index (χ4v) is 1.74. The van der Waals surface area contributed by atoms with Crippen molar-refractivity contribution in [2.24, 2.45) is 5.10 Å². The number of carbonyl (C=O) groups excluding carboxylic acids is 2. The number of non-ortho nitro benzene ring substituents is 1. The van der Waals surface area contributed by atoms with Crippen LogP contribution in [0.4, 0.5) is 11.4 Å². The fraction of sp³-hybridized carbons (Fsp3) is 0. The topological polar surface area (TPSA) is 154 Å². The zero-order valence-corrected chi connectivity index (χ0v) is 12.5. The molecule has 2 amide bonds. The SMILES string of the molecule is O=C(N/N=C/c1ccc(O)cc1O)C(=O)Nc1cccc([N+](=O)[O-])c1. The first-order valence-corrected chi connectivity index (χ1v) is 6.77. The van der Waals surface area contributed by atoms with Gasteiger partial charge in [-0.2, -0.15) is 5.10 Å². The van der Waals surface area contributed by atoms with E-state index in [0.717, 1.165) is 18.3 Å². The van der Waals surface area contributed by atoms with Crippen LogP contribution < -0.4 is 10.7 Å². The third kappa shape index (κ3) is 4.76. The lowest BCUT2D eigenvalue weighted by Crippen LogP contribution is -2.32. The van der Waals surface area contributed by atoms with E-state index in [1.54, 1.807) is 0 Å². The van der Waals surface area contributed by atoms with Crippen LogP contribution >= 0.6 is 0 Å². The molecule has 0 spiro atoms. The lowest BCUT2D eigenvalue weighted by molar-refractivity contribution is -0.384. The average Bonchev–Trinajstić information content (AvgIpc) is 2.56. The lowest BCUT2D eigenvalue weighted by atomic mass is 10.2. The maximum Gasteiger partial charge on any atom is 0.329 e. The molecule has 0 aromatic heterocycles. The number of nitrogens with zero attached hydrogens (tertiary/aromatic N) is 2. The van der Waals surface area contributed by atoms with Gasteiger partial charge in [0.1, 0.15) is 11.5 Å². The van der Waals surface area contributed by atoms with Crippen LogP contribution in [-0.4, -0.2) is 33.2 Å². The predicted octanol–water partition coefficient (Wildman–Crippen LogP) is 1.09. The standard InChI is InChI=1S/C15H12N4O6/c20-12-5-4-9(13(21)7-12)8-16-18-15(23)14(22)17-10-2-1-3-11(6-10)19(24)25/h1-8,20-21H,(H,17,22)(H,18,23)/b16-8+. The molecule has 4 N–H and O–H groups in total. The van der Waals surface area contributed by atoms with Crippen molar-refractivity contribution in [1.29, 1.82) is 0 Å². The van der Waals surface area contributed by atoms with Gasteiger partial charge in [-0.15, -0.1) is 0 Å². The Balaban J connectivity index is 1.96. The molecule has 0 aliphatic heterocycles. The summed E-state index contributed by atoms with van der Waals surface area (Å²) in [5.41, 5.74) is 1.99. The average molecular weight is 344 g/mol. The highest BCUT2D eigenvalue weighted by Crippen LogP contribution is 2.20. The van der Waals surface area contributed by atoms with Gasteiger partial charge >= 0.3 is 11.8 Å². The Hall–Kier alpha value is -3.95. The molecule has 0 aliphatic carbocycles. The van der Waals surface area contributed by atoms with Crippen LogP contribution in [0.5, 0.6) is 11.5 Å². The minimum atomic E-state index is -1.11. The van der Waals surface area contributed by atoms with Gasteiger partial charge in [0.15, 0.2) is 0 Å². The Morgan fingerprint density at radius 3 is 2.56 bits per heavy atom. The molecule has 128 valence electrons. The van der Waals surface area contributed by atoms with Crippen molar-refractivity contribution in [1.82, 2.24) is 5.43 Å². The highest BCUT2D eigenvalue weighted by molar-refractivity contribution is 6.39. The number of hydrogen-bond donors (Lipinski definition) is 4. The van der Waals surface area contributed by atoms with Gasteiger partial charge in [-0.05, 0) is 18.2 Å². The summed E-state index contributed by atoms with van der Waals surface area (Å²) in [4.78, 5) is 33.3. The number of benzene rings is 2. The van der Waals surface area contributed by atoms with Crippen LogP contribution in [0.3, 0.4) is 0 Å². The fourth-order valence-electron chi connectivity index (χ4n) is 1.74. The summed E-state index contributed by atoms with van der Waals surface area (Å²) in [7, 11) is 0. The van der Waals surface area contributed by atoms with Gasteiger partial charge in [0.05, 0.1) is 11.1 Å². The van der Waals surface area contributed by atoms with Crippen LogP contribution in [-0.2, 0) is 9.59 Å². The summed E-state index contributed by atoms with van der Waals surface area (Å²) >= 11 is 0. The number of phenols is 2. The number of nitro benzene ring substituents is 1. The summed E-state index contributed by atoms with van der Waals surface area (Å²) in [6.07, 6.45) is 1.08. The summed E-state index contributed by atoms with van der Waals surface area (Å²) in [5.74, 6) is -2.59. The molecule has 0 unspecified atom stereocenters. The second-order valence-electron chi connectivity index (χ2n) is 4.70. The Labute approximate surface area is 140 Å². The molecule has 0 heterocycles. The molecule has 0 bridgehead atoms. The van der Waals surface area contributed by atoms with Gasteiger partial charge < -0.3 is 15.5 Å². The highest BCUT2D eigenvalue weighted by atomic mass is 16.6. The summed E-state index contributed by atoms with van der Waals surface area (Å²) < 4.78 is 0. The van der Waals surface area contributed by atoms with Gasteiger partial charge in [-0.1, -0.05) is 6.07 Å². The molecule has 0 atom stereocenters. The number of hydrazone groups is 1. The summed E-state index contributed by atoms with van der Waals surface area (Å²) in [6.45, 7) is 0. The van der Waals surface area contributed by atoms with Crippen molar-refractivity contribution in [2.75, 3.05) is 5.32 Å². The monoisotopic (exact) mass is 344 g/mol. The van der Waals surface area contributed by atoms with E-state index >= 15 is 0 Å². The first-order chi connectivity index (χ1) is 11.9. The van der Waals surface area contributed by atoms with Crippen LogP contribution in [0.1, 0.15) is 5.56 Å². The molecule has 0 saturated heterocycles. The Bertz CT molecular complexity index is 865. The van der Waals surface area contributed by atoms with Gasteiger partial charge in [-0.3, -0.25) is 19.7 Å². The molecule has 2 aromatic rings. The molecule has 0 aliphatic rings. The molecule has 10 nitrogen and oxygen atoms in total. The third-order valence-corrected chi connectivity index (χ3v) is 2.90. The number of nitro groups is 1. The van der Waals surface area contributed by atoms with Gasteiger partial charge in [0, 0.05) is 29.4 Å². The lowest BCUT2D eigenvalue weighted by Gasteiger charge is -2.04. The zero-order chi connectivity index (χ0) is 18.4. The van der Waals surface area contributed by atoms with Crippen molar-refractivity contribution in [3.8, 4) is 11.5 Å². The zero-order valence-electron chi connectivity index (χ0n) is 12.5. The maximum atomic E-state index is 11.7. The van der Waals surface area contributed by atoms with E-state index in [0.29, 0.717) is 0 Å². The summed E-state index contributed by atoms with van der Waals surface area (Å²) in [5, 5.41) is 35.0. The number of hydrogen-bond acceptors (Lipinski definition) is 7. The van der Waals surface area contributed by atoms with E-state index in [2.05, 4.69) is 10.4 Å². The van der Waals surface area contributed by atoms with Crippen LogP contribution in [0.25, 0.3) is 0 Å². The molecule has 0 fully saturated rings. The van der Waals surface area contributed by atoms with E-state index in [-0.39, 0.29) is 28.4 Å². The Morgan fingerprint density at radius 1 is 1.12 bits per heavy atom. The quantitative estimate of drug-likeness (QED) is 0.282. The maximum absolute atomic E-state index is 11.7. The smallest absolute Gasteiger partial charge is 0.329 e. The number of nitrogens with one attached hydrogen (secondary N) is 2. The number of carbonyl (C=O) groups is 2. The van der Waals surface area contributed by atoms with Gasteiger partial charge in [0.25, 0.3) is 5.69 Å². The van der Waals surface area contributed by atoms with Crippen molar-refractivity contribution in [2.45, 2.75) is 0 Å². The van der Waals surface area contributed by atoms with Crippen molar-refractivity contribution in [3.63, 3.8) is 0 Å². The largest absolute Gasteiger partial charge is 0.508 e. The van der Waals surface area contributed by atoms with Crippen molar-refractivity contribution >= 4 is 29.4 Å². The number of aromatic hydroxyl groups is 2. The normalized spacial score (nSPS) is 10.4. The molecular formula is C15H12N4O6. The number of amides is 2. The van der Waals surface area contributed by atoms with E-state index in [4.69, 9.17) is 5.11 Å². The van der Waals surface area contributed by atoms with Crippen LogP contribution in [0, 0.1) is 10.1 Å². The van der Waals surface area contributed by atoms with E-state index in [1.807, 2.05) is 5.43 Å². The first-order valence-electron chi connectivity index (χ1n) is 6.77. The van der Waals surface area contributed by atoms with Gasteiger partial charge in [-0.25, -0.2) is 5.43 Å². The van der Waals surface area contributed by atoms with Crippen LogP contribution in [0.15, 0.2) is 47.6 Å². The first kappa shape index (κ1) is 17.4. The highest BCUT2D eigenvalue weighted by Gasteiger charge is 2.14. The number of phenolic OH excluding ortho intramolecular Hbond substituents is 2. The minimum absolute atomic E-state index is 0.0782. The van der Waals surface area contributed by atoms with Gasteiger partial charge in [0.2, 0.25) is 0 Å². The molecule has 2 aromatic carbocycles. The number of rotatable bonds is 4. The second-order valence-corrected chi connectivity index (χ2v) is 4.70. The molecule has 25 heavy (non-hydrogen) atoms. The molecule has 0 radical (unpaired) electrons. The Morgan fingerprint density at radius 2 is 1.88 bits per heavy atom. The third-order valence-electron chi connectivity index (χ3n) is 2.90. The summed E-state index contributed by atoms with van der Waals surface area (Å²) in [6, 6.07) is 8.82. The molecular weight excluding hydrogens is 332 g/mol. The molecule has 2 rings (SSSR count). The van der Waals surface area contributed by atoms with E-state index in [1.165, 1.54) is 30.3 Å². The van der Waals surface area contributed by atoms with Crippen LogP contribution in [0.2, 0.25) is 0 Å². The molecule has 0 saturated carbocycles. The van der Waals surface area contributed by atoms with Crippen molar-refractivity contribution in [3.05, 3.63) is 58.1 Å². The molecule has 10 heteroatoms.